The minimum Gasteiger partial charge on any atom is -0.310 e. The zero-order chi connectivity index (χ0) is 11.6. The predicted molar refractivity (Wildman–Crippen MR) is 70.0 cm³/mol. The van der Waals surface area contributed by atoms with E-state index in [-0.39, 0.29) is 5.91 Å². The molecule has 0 aliphatic rings. The van der Waals surface area contributed by atoms with Gasteiger partial charge >= 0.3 is 0 Å². The van der Waals surface area contributed by atoms with Crippen LogP contribution in [-0.2, 0) is 4.79 Å². The third kappa shape index (κ3) is 3.61. The van der Waals surface area contributed by atoms with Gasteiger partial charge in [-0.1, -0.05) is 32.4 Å². The number of pyridine rings is 1. The zero-order valence-corrected chi connectivity index (χ0v) is 11.7. The van der Waals surface area contributed by atoms with Crippen LogP contribution in [0.25, 0.3) is 0 Å². The number of halogens is 2. The molecule has 1 N–H and O–H groups in total. The maximum absolute atomic E-state index is 11.6. The van der Waals surface area contributed by atoms with Gasteiger partial charge in [-0.05, 0) is 34.7 Å². The summed E-state index contributed by atoms with van der Waals surface area (Å²) < 4.78 is 0.864. The van der Waals surface area contributed by atoms with Gasteiger partial charge in [-0.3, -0.25) is 4.79 Å². The first-order valence-corrected chi connectivity index (χ1v) is 5.90. The molecule has 1 rings (SSSR count). The molecule has 0 spiro atoms. The van der Waals surface area contributed by atoms with Crippen LogP contribution >= 0.6 is 34.2 Å². The molecule has 82 valence electrons. The Morgan fingerprint density at radius 1 is 1.47 bits per heavy atom. The Morgan fingerprint density at radius 2 is 2.07 bits per heavy atom. The summed E-state index contributed by atoms with van der Waals surface area (Å²) in [5.41, 5.74) is -0.433. The smallest absolute Gasteiger partial charge is 0.230 e. The Labute approximate surface area is 108 Å². The van der Waals surface area contributed by atoms with Gasteiger partial charge in [0.15, 0.2) is 0 Å². The Balaban J connectivity index is 2.83. The fourth-order valence-corrected chi connectivity index (χ4v) is 1.25. The van der Waals surface area contributed by atoms with Gasteiger partial charge in [0.25, 0.3) is 0 Å². The van der Waals surface area contributed by atoms with Gasteiger partial charge in [-0.25, -0.2) is 4.98 Å². The van der Waals surface area contributed by atoms with Crippen LogP contribution in [0.15, 0.2) is 12.1 Å². The molecule has 0 fully saturated rings. The van der Waals surface area contributed by atoms with Crippen molar-refractivity contribution < 1.29 is 4.79 Å². The van der Waals surface area contributed by atoms with Gasteiger partial charge in [0.1, 0.15) is 11.0 Å². The lowest BCUT2D eigenvalue weighted by Crippen LogP contribution is -2.28. The molecule has 0 aromatic carbocycles. The standard InChI is InChI=1S/C10H12ClIN2O/c1-10(2,3)9(15)14-7-5-4-6(12)8(11)13-7/h4-5H,1-3H3,(H,13,14,15). The summed E-state index contributed by atoms with van der Waals surface area (Å²) >= 11 is 7.93. The summed E-state index contributed by atoms with van der Waals surface area (Å²) in [5.74, 6) is 0.410. The summed E-state index contributed by atoms with van der Waals surface area (Å²) in [6.45, 7) is 5.53. The first kappa shape index (κ1) is 12.7. The van der Waals surface area contributed by atoms with Crippen molar-refractivity contribution in [3.8, 4) is 0 Å². The molecule has 0 saturated carbocycles. The van der Waals surface area contributed by atoms with E-state index in [1.807, 2.05) is 26.8 Å². The SMILES string of the molecule is CC(C)(C)C(=O)Nc1ccc(I)c(Cl)n1. The van der Waals surface area contributed by atoms with Crippen LogP contribution in [0.4, 0.5) is 5.82 Å². The van der Waals surface area contributed by atoms with Crippen molar-refractivity contribution >= 4 is 45.9 Å². The van der Waals surface area contributed by atoms with Gasteiger partial charge in [-0.15, -0.1) is 0 Å². The van der Waals surface area contributed by atoms with Crippen LogP contribution in [0.3, 0.4) is 0 Å². The van der Waals surface area contributed by atoms with Crippen LogP contribution < -0.4 is 5.32 Å². The summed E-state index contributed by atoms with van der Waals surface area (Å²) in [6.07, 6.45) is 0. The molecule has 0 saturated heterocycles. The van der Waals surface area contributed by atoms with Crippen molar-refractivity contribution in [1.82, 2.24) is 4.98 Å². The highest BCUT2D eigenvalue weighted by Gasteiger charge is 2.21. The van der Waals surface area contributed by atoms with Gasteiger partial charge in [-0.2, -0.15) is 0 Å². The molecule has 1 amide bonds. The quantitative estimate of drug-likeness (QED) is 0.630. The first-order valence-electron chi connectivity index (χ1n) is 4.44. The van der Waals surface area contributed by atoms with E-state index in [1.54, 1.807) is 6.07 Å². The van der Waals surface area contributed by atoms with E-state index >= 15 is 0 Å². The number of carbonyl (C=O) groups excluding carboxylic acids is 1. The molecule has 3 nitrogen and oxygen atoms in total. The number of anilines is 1. The molecular weight excluding hydrogens is 326 g/mol. The molecule has 0 atom stereocenters. The fourth-order valence-electron chi connectivity index (χ4n) is 0.791. The van der Waals surface area contributed by atoms with Crippen LogP contribution in [0.5, 0.6) is 0 Å². The van der Waals surface area contributed by atoms with E-state index in [0.29, 0.717) is 11.0 Å². The summed E-state index contributed by atoms with van der Waals surface area (Å²) in [5, 5.41) is 3.12. The molecule has 5 heteroatoms. The largest absolute Gasteiger partial charge is 0.310 e. The number of rotatable bonds is 1. The second-order valence-electron chi connectivity index (χ2n) is 4.17. The lowest BCUT2D eigenvalue weighted by molar-refractivity contribution is -0.123. The number of carbonyl (C=O) groups is 1. The highest BCUT2D eigenvalue weighted by Crippen LogP contribution is 2.20. The normalized spacial score (nSPS) is 11.3. The molecule has 0 radical (unpaired) electrons. The van der Waals surface area contributed by atoms with Crippen molar-refractivity contribution in [3.05, 3.63) is 20.9 Å². The Bertz CT molecular complexity index is 387. The van der Waals surface area contributed by atoms with E-state index in [1.165, 1.54) is 0 Å². The monoisotopic (exact) mass is 338 g/mol. The minimum atomic E-state index is -0.433. The average molecular weight is 339 g/mol. The third-order valence-corrected chi connectivity index (χ3v) is 3.20. The third-order valence-electron chi connectivity index (χ3n) is 1.73. The number of hydrogen-bond donors (Lipinski definition) is 1. The lowest BCUT2D eigenvalue weighted by atomic mass is 9.96. The molecule has 1 aromatic rings. The summed E-state index contributed by atoms with van der Waals surface area (Å²) in [7, 11) is 0. The van der Waals surface area contributed by atoms with Crippen molar-refractivity contribution in [2.24, 2.45) is 5.41 Å². The second-order valence-corrected chi connectivity index (χ2v) is 5.69. The number of hydrogen-bond acceptors (Lipinski definition) is 2. The van der Waals surface area contributed by atoms with Crippen LogP contribution in [-0.4, -0.2) is 10.9 Å². The van der Waals surface area contributed by atoms with Crippen LogP contribution in [0, 0.1) is 8.99 Å². The lowest BCUT2D eigenvalue weighted by Gasteiger charge is -2.17. The zero-order valence-electron chi connectivity index (χ0n) is 8.77. The molecule has 15 heavy (non-hydrogen) atoms. The first-order chi connectivity index (χ1) is 6.80. The summed E-state index contributed by atoms with van der Waals surface area (Å²) in [6, 6.07) is 3.55. The van der Waals surface area contributed by atoms with E-state index in [0.717, 1.165) is 3.57 Å². The molecule has 1 aromatic heterocycles. The number of amides is 1. The highest BCUT2D eigenvalue weighted by atomic mass is 127. The van der Waals surface area contributed by atoms with Crippen molar-refractivity contribution in [2.75, 3.05) is 5.32 Å². The van der Waals surface area contributed by atoms with Gasteiger partial charge < -0.3 is 5.32 Å². The van der Waals surface area contributed by atoms with Gasteiger partial charge in [0, 0.05) is 5.41 Å². The molecular formula is C10H12ClIN2O. The van der Waals surface area contributed by atoms with Gasteiger partial charge in [0.2, 0.25) is 5.91 Å². The van der Waals surface area contributed by atoms with E-state index in [2.05, 4.69) is 32.9 Å². The maximum atomic E-state index is 11.6. The predicted octanol–water partition coefficient (Wildman–Crippen LogP) is 3.32. The molecule has 0 aliphatic carbocycles. The Kier molecular flexibility index (Phi) is 3.94. The van der Waals surface area contributed by atoms with E-state index < -0.39 is 5.41 Å². The van der Waals surface area contributed by atoms with E-state index in [9.17, 15) is 4.79 Å². The van der Waals surface area contributed by atoms with Crippen LogP contribution in [0.2, 0.25) is 5.15 Å². The summed E-state index contributed by atoms with van der Waals surface area (Å²) in [4.78, 5) is 15.7. The molecule has 1 heterocycles. The van der Waals surface area contributed by atoms with Crippen molar-refractivity contribution in [1.29, 1.82) is 0 Å². The minimum absolute atomic E-state index is 0.0766. The number of nitrogens with one attached hydrogen (secondary N) is 1. The Morgan fingerprint density at radius 3 is 2.53 bits per heavy atom. The second kappa shape index (κ2) is 4.65. The maximum Gasteiger partial charge on any atom is 0.230 e. The molecule has 0 bridgehead atoms. The highest BCUT2D eigenvalue weighted by molar-refractivity contribution is 14.1. The molecule has 0 unspecified atom stereocenters. The van der Waals surface area contributed by atoms with Gasteiger partial charge in [0.05, 0.1) is 3.57 Å². The van der Waals surface area contributed by atoms with E-state index in [4.69, 9.17) is 11.6 Å². The van der Waals surface area contributed by atoms with Crippen molar-refractivity contribution in [2.45, 2.75) is 20.8 Å². The number of aromatic nitrogens is 1. The molecule has 0 aliphatic heterocycles. The Hall–Kier alpha value is -0.360. The van der Waals surface area contributed by atoms with Crippen LogP contribution in [0.1, 0.15) is 20.8 Å². The average Bonchev–Trinajstić information content (AvgIpc) is 2.10. The van der Waals surface area contributed by atoms with Crippen molar-refractivity contribution in [3.63, 3.8) is 0 Å². The topological polar surface area (TPSA) is 42.0 Å². The fraction of sp³-hybridized carbons (Fsp3) is 0.400. The number of nitrogens with zero attached hydrogens (tertiary/aromatic N) is 1.